The van der Waals surface area contributed by atoms with E-state index in [2.05, 4.69) is 17.2 Å². The van der Waals surface area contributed by atoms with Crippen LogP contribution >= 0.6 is 0 Å². The zero-order valence-corrected chi connectivity index (χ0v) is 7.53. The van der Waals surface area contributed by atoms with Gasteiger partial charge >= 0.3 is 0 Å². The summed E-state index contributed by atoms with van der Waals surface area (Å²) in [5.41, 5.74) is 0. The molecule has 3 heteroatoms. The van der Waals surface area contributed by atoms with E-state index in [0.29, 0.717) is 12.1 Å². The largest absolute Gasteiger partial charge is 0.743 e. The van der Waals surface area contributed by atoms with E-state index in [9.17, 15) is 0 Å². The van der Waals surface area contributed by atoms with Crippen LogP contribution in [0.15, 0.2) is 4.99 Å². The number of rotatable bonds is 0. The van der Waals surface area contributed by atoms with E-state index >= 15 is 0 Å². The summed E-state index contributed by atoms with van der Waals surface area (Å²) in [7, 11) is 0. The molecule has 0 radical (unpaired) electrons. The molecule has 11 heavy (non-hydrogen) atoms. The molecule has 3 atom stereocenters. The molecule has 2 rings (SSSR count). The van der Waals surface area contributed by atoms with Crippen LogP contribution in [0.3, 0.4) is 0 Å². The Kier molecular flexibility index (Phi) is 1.75. The number of hydrogen-bond acceptors (Lipinski definition) is 3. The molecule has 0 aromatic rings. The monoisotopic (exact) mass is 169 g/mol. The van der Waals surface area contributed by atoms with Gasteiger partial charge in [-0.3, -0.25) is 4.99 Å². The lowest BCUT2D eigenvalue weighted by Gasteiger charge is -2.29. The van der Waals surface area contributed by atoms with Crippen LogP contribution in [-0.2, 0) is 12.6 Å². The van der Waals surface area contributed by atoms with Crippen LogP contribution in [0.1, 0.15) is 26.2 Å². The number of hydrogen-bond donors (Lipinski definition) is 1. The highest BCUT2D eigenvalue weighted by molar-refractivity contribution is 7.77. The Labute approximate surface area is 72.9 Å². The van der Waals surface area contributed by atoms with Gasteiger partial charge in [-0.05, 0) is 23.9 Å². The number of amidine groups is 1. The molecule has 62 valence electrons. The molecule has 1 N–H and O–H groups in total. The van der Waals surface area contributed by atoms with E-state index in [0.717, 1.165) is 11.1 Å². The van der Waals surface area contributed by atoms with Gasteiger partial charge < -0.3 is 17.9 Å². The maximum atomic E-state index is 5.01. The zero-order chi connectivity index (χ0) is 7.84. The van der Waals surface area contributed by atoms with E-state index < -0.39 is 0 Å². The lowest BCUT2D eigenvalue weighted by Crippen LogP contribution is -2.40. The van der Waals surface area contributed by atoms with Crippen LogP contribution < -0.4 is 5.32 Å². The Morgan fingerprint density at radius 3 is 3.09 bits per heavy atom. The zero-order valence-electron chi connectivity index (χ0n) is 6.71. The average Bonchev–Trinajstić information content (AvgIpc) is 2.31. The van der Waals surface area contributed by atoms with Crippen LogP contribution in [0.2, 0.25) is 0 Å². The first kappa shape index (κ1) is 7.35. The Morgan fingerprint density at radius 2 is 2.36 bits per heavy atom. The van der Waals surface area contributed by atoms with Crippen molar-refractivity contribution in [1.82, 2.24) is 5.32 Å². The van der Waals surface area contributed by atoms with Crippen molar-refractivity contribution in [2.75, 3.05) is 0 Å². The molecule has 1 saturated carbocycles. The minimum atomic E-state index is 0.483. The van der Waals surface area contributed by atoms with Gasteiger partial charge in [-0.25, -0.2) is 0 Å². The summed E-state index contributed by atoms with van der Waals surface area (Å²) in [5, 5.41) is 3.98. The standard InChI is InChI=1S/C8H14N2S/c1-5-3-2-4-6-7(5)10-8(11)9-6/h5-7H,2-4H2,1H3,(H2,9,10,11)/p-1. The second kappa shape index (κ2) is 2.63. The van der Waals surface area contributed by atoms with Crippen molar-refractivity contribution in [3.05, 3.63) is 0 Å². The first-order valence-electron chi connectivity index (χ1n) is 4.29. The van der Waals surface area contributed by atoms with Crippen molar-refractivity contribution in [1.29, 1.82) is 0 Å². The predicted molar refractivity (Wildman–Crippen MR) is 48.5 cm³/mol. The van der Waals surface area contributed by atoms with Gasteiger partial charge in [0.25, 0.3) is 0 Å². The third-order valence-electron chi connectivity index (χ3n) is 2.75. The lowest BCUT2D eigenvalue weighted by molar-refractivity contribution is 0.295. The number of aliphatic imine (C=N–C) groups is 1. The second-order valence-corrected chi connectivity index (χ2v) is 3.97. The van der Waals surface area contributed by atoms with Crippen molar-refractivity contribution in [2.24, 2.45) is 10.9 Å². The molecule has 2 aliphatic rings. The van der Waals surface area contributed by atoms with Gasteiger partial charge in [-0.1, -0.05) is 13.3 Å². The molecule has 0 saturated heterocycles. The van der Waals surface area contributed by atoms with Crippen LogP contribution in [0.4, 0.5) is 0 Å². The van der Waals surface area contributed by atoms with Crippen LogP contribution in [0, 0.1) is 5.92 Å². The van der Waals surface area contributed by atoms with E-state index in [4.69, 9.17) is 12.6 Å². The fourth-order valence-electron chi connectivity index (χ4n) is 2.10. The van der Waals surface area contributed by atoms with Gasteiger partial charge in [0.05, 0.1) is 6.04 Å². The summed E-state index contributed by atoms with van der Waals surface area (Å²) in [5.74, 6) is 0.724. The molecule has 1 aliphatic carbocycles. The molecule has 1 fully saturated rings. The van der Waals surface area contributed by atoms with E-state index in [1.165, 1.54) is 19.3 Å². The minimum Gasteiger partial charge on any atom is -0.743 e. The van der Waals surface area contributed by atoms with Crippen molar-refractivity contribution < 1.29 is 0 Å². The molecular formula is C8H13N2S-. The second-order valence-electron chi connectivity index (χ2n) is 3.58. The molecule has 0 aromatic heterocycles. The topological polar surface area (TPSA) is 24.4 Å². The predicted octanol–water partition coefficient (Wildman–Crippen LogP) is 1.05. The summed E-state index contributed by atoms with van der Waals surface area (Å²) < 4.78 is 0. The normalized spacial score (nSPS) is 42.6. The quantitative estimate of drug-likeness (QED) is 0.548. The Morgan fingerprint density at radius 1 is 1.55 bits per heavy atom. The van der Waals surface area contributed by atoms with Crippen LogP contribution in [0.25, 0.3) is 0 Å². The lowest BCUT2D eigenvalue weighted by atomic mass is 9.83. The first-order chi connectivity index (χ1) is 5.27. The minimum absolute atomic E-state index is 0.483. The maximum Gasteiger partial charge on any atom is 0.0724 e. The summed E-state index contributed by atoms with van der Waals surface area (Å²) >= 11 is 5.01. The molecule has 0 bridgehead atoms. The smallest absolute Gasteiger partial charge is 0.0724 e. The molecule has 1 heterocycles. The van der Waals surface area contributed by atoms with E-state index in [-0.39, 0.29) is 0 Å². The molecule has 3 unspecified atom stereocenters. The van der Waals surface area contributed by atoms with Crippen LogP contribution in [0.5, 0.6) is 0 Å². The molecule has 1 aliphatic heterocycles. The number of fused-ring (bicyclic) bond motifs is 1. The molecular weight excluding hydrogens is 156 g/mol. The Bertz CT molecular complexity index is 191. The van der Waals surface area contributed by atoms with Gasteiger partial charge in [-0.15, -0.1) is 0 Å². The molecule has 0 amide bonds. The molecule has 2 nitrogen and oxygen atoms in total. The van der Waals surface area contributed by atoms with Crippen LogP contribution in [-0.4, -0.2) is 17.3 Å². The van der Waals surface area contributed by atoms with Crippen molar-refractivity contribution in [3.63, 3.8) is 0 Å². The number of nitrogens with zero attached hydrogens (tertiary/aromatic N) is 1. The van der Waals surface area contributed by atoms with E-state index in [1.807, 2.05) is 0 Å². The SMILES string of the molecule is CC1CCCC2NC([S-])=NC12. The van der Waals surface area contributed by atoms with E-state index in [1.54, 1.807) is 0 Å². The summed E-state index contributed by atoms with van der Waals surface area (Å²) in [6.45, 7) is 2.27. The highest BCUT2D eigenvalue weighted by atomic mass is 32.1. The third-order valence-corrected chi connectivity index (χ3v) is 2.97. The van der Waals surface area contributed by atoms with Gasteiger partial charge in [0.15, 0.2) is 0 Å². The summed E-state index contributed by atoms with van der Waals surface area (Å²) in [6, 6.07) is 1.04. The number of nitrogens with one attached hydrogen (secondary N) is 1. The third kappa shape index (κ3) is 1.22. The highest BCUT2D eigenvalue weighted by Crippen LogP contribution is 2.29. The molecule has 0 aromatic carbocycles. The van der Waals surface area contributed by atoms with Gasteiger partial charge in [-0.2, -0.15) is 0 Å². The fraction of sp³-hybridized carbons (Fsp3) is 0.875. The summed E-state index contributed by atoms with van der Waals surface area (Å²) in [4.78, 5) is 4.41. The first-order valence-corrected chi connectivity index (χ1v) is 4.69. The maximum absolute atomic E-state index is 5.01. The Balaban J connectivity index is 2.12. The van der Waals surface area contributed by atoms with Gasteiger partial charge in [0.1, 0.15) is 0 Å². The van der Waals surface area contributed by atoms with Crippen molar-refractivity contribution >= 4 is 17.8 Å². The van der Waals surface area contributed by atoms with Crippen molar-refractivity contribution in [2.45, 2.75) is 38.3 Å². The summed E-state index contributed by atoms with van der Waals surface area (Å²) in [6.07, 6.45) is 3.89. The Hall–Kier alpha value is -0.310. The molecule has 0 spiro atoms. The average molecular weight is 169 g/mol. The fourth-order valence-corrected chi connectivity index (χ4v) is 2.38. The van der Waals surface area contributed by atoms with Crippen molar-refractivity contribution in [3.8, 4) is 0 Å². The van der Waals surface area contributed by atoms with Gasteiger partial charge in [0, 0.05) is 6.04 Å². The van der Waals surface area contributed by atoms with Gasteiger partial charge in [0.2, 0.25) is 0 Å². The highest BCUT2D eigenvalue weighted by Gasteiger charge is 2.32.